The molecular formula is C25H32FN7O3S. The van der Waals surface area contributed by atoms with Gasteiger partial charge in [-0.15, -0.1) is 10.2 Å². The molecule has 0 aliphatic carbocycles. The molecule has 1 aromatic carbocycles. The molecule has 3 heterocycles. The fraction of sp³-hybridized carbons (Fsp3) is 0.480. The molecule has 12 heteroatoms. The van der Waals surface area contributed by atoms with E-state index in [0.29, 0.717) is 29.6 Å². The van der Waals surface area contributed by atoms with Gasteiger partial charge in [0.05, 0.1) is 11.8 Å². The second kappa shape index (κ2) is 11.4. The predicted molar refractivity (Wildman–Crippen MR) is 141 cm³/mol. The standard InChI is InChI=1S/C25H32FN7O3S/c1-4-12-32-21(27)20(23(35)30(3)25(32)36)19(34)15-37-24-29-28-22(16(2)31-13-6-5-7-14-31)33(24)18-10-8-17(26)9-11-18/h8-11,16H,4-7,12-15,27H2,1-3H3. The summed E-state index contributed by atoms with van der Waals surface area (Å²) in [6.07, 6.45) is 4.04. The van der Waals surface area contributed by atoms with Crippen molar-refractivity contribution in [2.45, 2.75) is 57.3 Å². The Balaban J connectivity index is 1.67. The zero-order chi connectivity index (χ0) is 26.7. The molecule has 0 radical (unpaired) electrons. The van der Waals surface area contributed by atoms with Crippen molar-refractivity contribution >= 4 is 23.4 Å². The maximum atomic E-state index is 13.7. The highest BCUT2D eigenvalue weighted by molar-refractivity contribution is 7.99. The SMILES string of the molecule is CCCn1c(N)c(C(=O)CSc2nnc(C(C)N3CCCCC3)n2-c2ccc(F)cc2)c(=O)n(C)c1=O. The minimum Gasteiger partial charge on any atom is -0.384 e. The Morgan fingerprint density at radius 3 is 2.46 bits per heavy atom. The first-order valence-corrected chi connectivity index (χ1v) is 13.4. The van der Waals surface area contributed by atoms with Crippen molar-refractivity contribution in [1.82, 2.24) is 28.8 Å². The smallest absolute Gasteiger partial charge is 0.332 e. The number of likely N-dealkylation sites (tertiary alicyclic amines) is 1. The Morgan fingerprint density at radius 2 is 1.81 bits per heavy atom. The van der Waals surface area contributed by atoms with Gasteiger partial charge in [-0.05, 0) is 63.5 Å². The van der Waals surface area contributed by atoms with E-state index < -0.39 is 17.0 Å². The number of nitrogens with zero attached hydrogens (tertiary/aromatic N) is 6. The first-order valence-electron chi connectivity index (χ1n) is 12.4. The molecule has 1 unspecified atom stereocenters. The summed E-state index contributed by atoms with van der Waals surface area (Å²) in [6, 6.07) is 5.98. The quantitative estimate of drug-likeness (QED) is 0.332. The van der Waals surface area contributed by atoms with Crippen molar-refractivity contribution in [3.8, 4) is 5.69 Å². The monoisotopic (exact) mass is 529 g/mol. The molecule has 4 rings (SSSR count). The summed E-state index contributed by atoms with van der Waals surface area (Å²) in [5.74, 6) is -0.441. The Bertz CT molecular complexity index is 1390. The third-order valence-electron chi connectivity index (χ3n) is 6.70. The minimum absolute atomic E-state index is 0.0385. The number of carbonyl (C=O) groups is 1. The number of hydrogen-bond donors (Lipinski definition) is 1. The number of ketones is 1. The van der Waals surface area contributed by atoms with Crippen LogP contribution in [0.1, 0.15) is 61.8 Å². The van der Waals surface area contributed by atoms with Crippen LogP contribution in [0.15, 0.2) is 39.0 Å². The van der Waals surface area contributed by atoms with Crippen LogP contribution in [0.25, 0.3) is 5.69 Å². The maximum Gasteiger partial charge on any atom is 0.332 e. The van der Waals surface area contributed by atoms with Gasteiger partial charge in [0, 0.05) is 19.3 Å². The molecule has 1 fully saturated rings. The molecule has 0 saturated carbocycles. The molecule has 1 aliphatic rings. The van der Waals surface area contributed by atoms with Crippen LogP contribution < -0.4 is 17.0 Å². The Morgan fingerprint density at radius 1 is 1.14 bits per heavy atom. The number of hydrogen-bond acceptors (Lipinski definition) is 8. The van der Waals surface area contributed by atoms with E-state index >= 15 is 0 Å². The molecule has 10 nitrogen and oxygen atoms in total. The second-order valence-electron chi connectivity index (χ2n) is 9.20. The van der Waals surface area contributed by atoms with Crippen LogP contribution in [-0.4, -0.2) is 53.4 Å². The lowest BCUT2D eigenvalue weighted by atomic mass is 10.1. The number of halogens is 1. The number of carbonyl (C=O) groups excluding carboxylic acids is 1. The molecule has 0 bridgehead atoms. The zero-order valence-electron chi connectivity index (χ0n) is 21.3. The zero-order valence-corrected chi connectivity index (χ0v) is 22.1. The van der Waals surface area contributed by atoms with Gasteiger partial charge in [0.25, 0.3) is 5.56 Å². The number of nitrogens with two attached hydrogens (primary N) is 1. The molecule has 198 valence electrons. The lowest BCUT2D eigenvalue weighted by Crippen LogP contribution is -2.42. The number of thioether (sulfide) groups is 1. The topological polar surface area (TPSA) is 121 Å². The number of Topliss-reactive ketones (excluding diaryl/α,β-unsaturated/α-hetero) is 1. The van der Waals surface area contributed by atoms with Crippen molar-refractivity contribution < 1.29 is 9.18 Å². The summed E-state index contributed by atoms with van der Waals surface area (Å²) in [5, 5.41) is 9.24. The van der Waals surface area contributed by atoms with Gasteiger partial charge in [0.1, 0.15) is 17.2 Å². The fourth-order valence-corrected chi connectivity index (χ4v) is 5.47. The summed E-state index contributed by atoms with van der Waals surface area (Å²) in [6.45, 7) is 6.14. The molecule has 0 amide bonds. The van der Waals surface area contributed by atoms with Crippen LogP contribution >= 0.6 is 11.8 Å². The summed E-state index contributed by atoms with van der Waals surface area (Å²) in [7, 11) is 1.33. The van der Waals surface area contributed by atoms with Crippen LogP contribution in [0.3, 0.4) is 0 Å². The number of piperidine rings is 1. The second-order valence-corrected chi connectivity index (χ2v) is 10.1. The maximum absolute atomic E-state index is 13.7. The van der Waals surface area contributed by atoms with E-state index in [-0.39, 0.29) is 29.0 Å². The van der Waals surface area contributed by atoms with Gasteiger partial charge in [0.15, 0.2) is 16.8 Å². The number of nitrogen functional groups attached to an aromatic ring is 1. The Kier molecular flexibility index (Phi) is 8.28. The molecule has 1 aliphatic heterocycles. The van der Waals surface area contributed by atoms with E-state index in [2.05, 4.69) is 22.0 Å². The van der Waals surface area contributed by atoms with E-state index in [9.17, 15) is 18.8 Å². The van der Waals surface area contributed by atoms with Gasteiger partial charge in [-0.2, -0.15) is 0 Å². The molecular weight excluding hydrogens is 497 g/mol. The fourth-order valence-electron chi connectivity index (χ4n) is 4.63. The largest absolute Gasteiger partial charge is 0.384 e. The van der Waals surface area contributed by atoms with E-state index in [1.54, 1.807) is 12.1 Å². The molecule has 1 saturated heterocycles. The van der Waals surface area contributed by atoms with Crippen molar-refractivity contribution in [2.75, 3.05) is 24.6 Å². The first-order chi connectivity index (χ1) is 17.7. The van der Waals surface area contributed by atoms with Crippen molar-refractivity contribution in [1.29, 1.82) is 0 Å². The summed E-state index contributed by atoms with van der Waals surface area (Å²) in [4.78, 5) is 40.8. The first kappa shape index (κ1) is 26.8. The lowest BCUT2D eigenvalue weighted by molar-refractivity contribution is 0.102. The number of rotatable bonds is 9. The number of aromatic nitrogens is 5. The highest BCUT2D eigenvalue weighted by Crippen LogP contribution is 2.30. The summed E-state index contributed by atoms with van der Waals surface area (Å²) >= 11 is 1.12. The van der Waals surface area contributed by atoms with Crippen LogP contribution in [0.5, 0.6) is 0 Å². The number of anilines is 1. The van der Waals surface area contributed by atoms with Gasteiger partial charge in [-0.1, -0.05) is 25.1 Å². The normalized spacial score (nSPS) is 15.1. The van der Waals surface area contributed by atoms with Crippen molar-refractivity contribution in [2.24, 2.45) is 7.05 Å². The van der Waals surface area contributed by atoms with Crippen molar-refractivity contribution in [3.63, 3.8) is 0 Å². The van der Waals surface area contributed by atoms with Crippen molar-refractivity contribution in [3.05, 3.63) is 62.3 Å². The van der Waals surface area contributed by atoms with E-state index in [0.717, 1.165) is 42.3 Å². The van der Waals surface area contributed by atoms with Crippen LogP contribution in [0.4, 0.5) is 10.2 Å². The third kappa shape index (κ3) is 5.40. The van der Waals surface area contributed by atoms with Gasteiger partial charge >= 0.3 is 5.69 Å². The summed E-state index contributed by atoms with van der Waals surface area (Å²) < 4.78 is 17.7. The van der Waals surface area contributed by atoms with Gasteiger partial charge in [-0.25, -0.2) is 9.18 Å². The molecule has 2 aromatic heterocycles. The van der Waals surface area contributed by atoms with Gasteiger partial charge in [-0.3, -0.25) is 28.2 Å². The Hall–Kier alpha value is -3.25. The van der Waals surface area contributed by atoms with Gasteiger partial charge < -0.3 is 5.73 Å². The van der Waals surface area contributed by atoms with E-state index in [4.69, 9.17) is 5.73 Å². The van der Waals surface area contributed by atoms with Gasteiger partial charge in [0.2, 0.25) is 0 Å². The average molecular weight is 530 g/mol. The minimum atomic E-state index is -0.722. The molecule has 3 aromatic rings. The van der Waals surface area contributed by atoms with E-state index in [1.807, 2.05) is 11.5 Å². The van der Waals surface area contributed by atoms with E-state index in [1.165, 1.54) is 30.2 Å². The van der Waals surface area contributed by atoms with Crippen LogP contribution in [0.2, 0.25) is 0 Å². The highest BCUT2D eigenvalue weighted by atomic mass is 32.2. The molecule has 37 heavy (non-hydrogen) atoms. The van der Waals surface area contributed by atoms with Crippen LogP contribution in [-0.2, 0) is 13.6 Å². The third-order valence-corrected chi connectivity index (χ3v) is 7.63. The highest BCUT2D eigenvalue weighted by Gasteiger charge is 2.27. The molecule has 2 N–H and O–H groups in total. The Labute approximate surface area is 218 Å². The lowest BCUT2D eigenvalue weighted by Gasteiger charge is -2.31. The molecule has 0 spiro atoms. The number of benzene rings is 1. The van der Waals surface area contributed by atoms with Crippen LogP contribution in [0, 0.1) is 5.82 Å². The molecule has 1 atom stereocenters. The summed E-state index contributed by atoms with van der Waals surface area (Å²) in [5.41, 5.74) is 5.30. The average Bonchev–Trinajstić information content (AvgIpc) is 3.33. The predicted octanol–water partition coefficient (Wildman–Crippen LogP) is 2.78.